The lowest BCUT2D eigenvalue weighted by Crippen LogP contribution is -2.35. The molecule has 1 heterocycles. The van der Waals surface area contributed by atoms with E-state index in [1.165, 1.54) is 4.31 Å². The molecule has 0 saturated carbocycles. The summed E-state index contributed by atoms with van der Waals surface area (Å²) in [4.78, 5) is 15.2. The molecule has 0 aliphatic carbocycles. The van der Waals surface area contributed by atoms with Gasteiger partial charge >= 0.3 is 0 Å². The van der Waals surface area contributed by atoms with Crippen molar-refractivity contribution in [2.24, 2.45) is 0 Å². The summed E-state index contributed by atoms with van der Waals surface area (Å²) in [6, 6.07) is 18.2. The van der Waals surface area contributed by atoms with Crippen molar-refractivity contribution >= 4 is 38.1 Å². The molecule has 1 aliphatic heterocycles. The van der Waals surface area contributed by atoms with Crippen molar-refractivity contribution in [1.29, 1.82) is 0 Å². The summed E-state index contributed by atoms with van der Waals surface area (Å²) < 4.78 is 27.8. The first kappa shape index (κ1) is 21.3. The number of piperidine rings is 1. The first-order valence-electron chi connectivity index (χ1n) is 10.5. The molecule has 7 heteroatoms. The van der Waals surface area contributed by atoms with Crippen LogP contribution in [0.1, 0.15) is 29.6 Å². The highest BCUT2D eigenvalue weighted by atomic mass is 32.2. The Hall–Kier alpha value is -2.90. The Bertz CT molecular complexity index is 1210. The first-order valence-corrected chi connectivity index (χ1v) is 11.9. The molecule has 1 amide bonds. The van der Waals surface area contributed by atoms with Crippen molar-refractivity contribution in [3.05, 3.63) is 66.2 Å². The summed E-state index contributed by atoms with van der Waals surface area (Å²) in [7, 11) is 0.127. The molecule has 0 spiro atoms. The Morgan fingerprint density at radius 3 is 2.39 bits per heavy atom. The highest BCUT2D eigenvalue weighted by molar-refractivity contribution is 7.89. The van der Waals surface area contributed by atoms with Gasteiger partial charge < -0.3 is 10.2 Å². The van der Waals surface area contributed by atoms with E-state index in [1.807, 2.05) is 55.4 Å². The molecule has 6 nitrogen and oxygen atoms in total. The maximum Gasteiger partial charge on any atom is 0.256 e. The number of anilines is 2. The van der Waals surface area contributed by atoms with E-state index < -0.39 is 10.0 Å². The van der Waals surface area contributed by atoms with Crippen molar-refractivity contribution < 1.29 is 13.2 Å². The normalized spacial score (nSPS) is 15.0. The van der Waals surface area contributed by atoms with Crippen LogP contribution < -0.4 is 10.2 Å². The fourth-order valence-corrected chi connectivity index (χ4v) is 5.58. The molecule has 1 fully saturated rings. The Kier molecular flexibility index (Phi) is 5.98. The van der Waals surface area contributed by atoms with E-state index in [9.17, 15) is 13.2 Å². The number of sulfonamides is 1. The average molecular weight is 438 g/mol. The third-order valence-corrected chi connectivity index (χ3v) is 7.58. The van der Waals surface area contributed by atoms with Crippen molar-refractivity contribution in [2.75, 3.05) is 37.4 Å². The van der Waals surface area contributed by atoms with E-state index in [0.717, 1.165) is 35.7 Å². The summed E-state index contributed by atoms with van der Waals surface area (Å²) in [6.07, 6.45) is 2.80. The Morgan fingerprint density at radius 2 is 1.65 bits per heavy atom. The lowest BCUT2D eigenvalue weighted by molar-refractivity contribution is 0.102. The number of nitrogens with one attached hydrogen (secondary N) is 1. The number of rotatable bonds is 5. The van der Waals surface area contributed by atoms with E-state index in [-0.39, 0.29) is 10.8 Å². The van der Waals surface area contributed by atoms with Crippen LogP contribution in [0, 0.1) is 0 Å². The van der Waals surface area contributed by atoms with Crippen LogP contribution in [0.3, 0.4) is 0 Å². The molecule has 1 N–H and O–H groups in total. The predicted octanol–water partition coefficient (Wildman–Crippen LogP) is 4.33. The minimum Gasteiger partial charge on any atom is -0.376 e. The molecule has 3 aromatic rings. The van der Waals surface area contributed by atoms with Gasteiger partial charge in [0.2, 0.25) is 10.0 Å². The van der Waals surface area contributed by atoms with Gasteiger partial charge in [0.25, 0.3) is 5.91 Å². The molecule has 0 atom stereocenters. The van der Waals surface area contributed by atoms with Gasteiger partial charge in [-0.3, -0.25) is 4.79 Å². The maximum atomic E-state index is 13.2. The zero-order chi connectivity index (χ0) is 22.0. The minimum absolute atomic E-state index is 0.202. The quantitative estimate of drug-likeness (QED) is 0.645. The second-order valence-electron chi connectivity index (χ2n) is 8.02. The number of benzene rings is 3. The van der Waals surface area contributed by atoms with Crippen molar-refractivity contribution in [1.82, 2.24) is 4.31 Å². The van der Waals surface area contributed by atoms with E-state index in [1.54, 1.807) is 24.3 Å². The standard InChI is InChI=1S/C24H27N3O3S/c1-26(2)23-14-13-19(31(29,30)27-15-6-3-7-16-27)17-22(23)25-24(28)21-12-8-10-18-9-4-5-11-20(18)21/h4-5,8-14,17H,3,6-7,15-16H2,1-2H3,(H,25,28). The molecular formula is C24H27N3O3S. The van der Waals surface area contributed by atoms with Gasteiger partial charge in [0, 0.05) is 32.7 Å². The lowest BCUT2D eigenvalue weighted by atomic mass is 10.0. The van der Waals surface area contributed by atoms with Gasteiger partial charge in [-0.25, -0.2) is 8.42 Å². The molecule has 0 unspecified atom stereocenters. The number of amides is 1. The molecule has 4 rings (SSSR count). The average Bonchev–Trinajstić information content (AvgIpc) is 2.79. The number of hydrogen-bond donors (Lipinski definition) is 1. The highest BCUT2D eigenvalue weighted by Gasteiger charge is 2.27. The summed E-state index contributed by atoms with van der Waals surface area (Å²) in [5, 5.41) is 4.78. The van der Waals surface area contributed by atoms with Gasteiger partial charge in [0.05, 0.1) is 16.3 Å². The van der Waals surface area contributed by atoms with Gasteiger partial charge in [0.15, 0.2) is 0 Å². The van der Waals surface area contributed by atoms with Gasteiger partial charge in [-0.15, -0.1) is 0 Å². The van der Waals surface area contributed by atoms with Gasteiger partial charge in [-0.05, 0) is 47.9 Å². The van der Waals surface area contributed by atoms with Crippen LogP contribution in [0.15, 0.2) is 65.6 Å². The van der Waals surface area contributed by atoms with Crippen LogP contribution in [0.4, 0.5) is 11.4 Å². The summed E-state index contributed by atoms with van der Waals surface area (Å²) in [5.41, 5.74) is 1.76. The van der Waals surface area contributed by atoms with Crippen molar-refractivity contribution in [3.63, 3.8) is 0 Å². The fourth-order valence-electron chi connectivity index (χ4n) is 4.03. The second kappa shape index (κ2) is 8.69. The van der Waals surface area contributed by atoms with E-state index in [0.29, 0.717) is 24.3 Å². The van der Waals surface area contributed by atoms with E-state index >= 15 is 0 Å². The number of carbonyl (C=O) groups is 1. The van der Waals surface area contributed by atoms with Crippen molar-refractivity contribution in [2.45, 2.75) is 24.2 Å². The van der Waals surface area contributed by atoms with Gasteiger partial charge in [0.1, 0.15) is 0 Å². The molecular weight excluding hydrogens is 410 g/mol. The lowest BCUT2D eigenvalue weighted by Gasteiger charge is -2.26. The van der Waals surface area contributed by atoms with Crippen LogP contribution >= 0.6 is 0 Å². The summed E-state index contributed by atoms with van der Waals surface area (Å²) in [6.45, 7) is 1.07. The SMILES string of the molecule is CN(C)c1ccc(S(=O)(=O)N2CCCCC2)cc1NC(=O)c1cccc2ccccc12. The number of carbonyl (C=O) groups excluding carboxylic acids is 1. The fraction of sp³-hybridized carbons (Fsp3) is 0.292. The molecule has 31 heavy (non-hydrogen) atoms. The molecule has 0 bridgehead atoms. The second-order valence-corrected chi connectivity index (χ2v) is 9.96. The summed E-state index contributed by atoms with van der Waals surface area (Å²) >= 11 is 0. The zero-order valence-electron chi connectivity index (χ0n) is 17.8. The molecule has 1 aliphatic rings. The third-order valence-electron chi connectivity index (χ3n) is 5.69. The number of nitrogens with zero attached hydrogens (tertiary/aromatic N) is 2. The van der Waals surface area contributed by atoms with Crippen LogP contribution in [0.25, 0.3) is 10.8 Å². The first-order chi connectivity index (χ1) is 14.9. The van der Waals surface area contributed by atoms with E-state index in [4.69, 9.17) is 0 Å². The minimum atomic E-state index is -3.60. The van der Waals surface area contributed by atoms with Crippen molar-refractivity contribution in [3.8, 4) is 0 Å². The molecule has 3 aromatic carbocycles. The Labute approximate surface area is 183 Å². The molecule has 0 aromatic heterocycles. The highest BCUT2D eigenvalue weighted by Crippen LogP contribution is 2.31. The smallest absolute Gasteiger partial charge is 0.256 e. The summed E-state index contributed by atoms with van der Waals surface area (Å²) in [5.74, 6) is -0.271. The zero-order valence-corrected chi connectivity index (χ0v) is 18.7. The van der Waals surface area contributed by atoms with Crippen LogP contribution in [0.2, 0.25) is 0 Å². The number of hydrogen-bond acceptors (Lipinski definition) is 4. The number of fused-ring (bicyclic) bond motifs is 1. The predicted molar refractivity (Wildman–Crippen MR) is 125 cm³/mol. The monoisotopic (exact) mass is 437 g/mol. The van der Waals surface area contributed by atoms with Crippen LogP contribution in [-0.4, -0.2) is 45.8 Å². The van der Waals surface area contributed by atoms with Crippen LogP contribution in [-0.2, 0) is 10.0 Å². The molecule has 0 radical (unpaired) electrons. The topological polar surface area (TPSA) is 69.7 Å². The molecule has 1 saturated heterocycles. The third kappa shape index (κ3) is 4.29. The van der Waals surface area contributed by atoms with Crippen LogP contribution in [0.5, 0.6) is 0 Å². The maximum absolute atomic E-state index is 13.2. The largest absolute Gasteiger partial charge is 0.376 e. The van der Waals surface area contributed by atoms with Gasteiger partial charge in [-0.1, -0.05) is 42.8 Å². The Balaban J connectivity index is 1.71. The Morgan fingerprint density at radius 1 is 0.935 bits per heavy atom. The van der Waals surface area contributed by atoms with E-state index in [2.05, 4.69) is 5.32 Å². The van der Waals surface area contributed by atoms with Gasteiger partial charge in [-0.2, -0.15) is 4.31 Å². The molecule has 162 valence electrons.